The zero-order chi connectivity index (χ0) is 35.9. The van der Waals surface area contributed by atoms with Crippen LogP contribution in [-0.2, 0) is 38.8 Å². The topological polar surface area (TPSA) is 86.8 Å². The van der Waals surface area contributed by atoms with Crippen molar-refractivity contribution in [1.82, 2.24) is 10.2 Å². The Bertz CT molecular complexity index is 1880. The first-order chi connectivity index (χ1) is 23.1. The molecule has 2 amide bonds. The Labute approximate surface area is 298 Å². The lowest BCUT2D eigenvalue weighted by Crippen LogP contribution is -2.53. The fourth-order valence-electron chi connectivity index (χ4n) is 4.92. The zero-order valence-electron chi connectivity index (χ0n) is 26.4. The summed E-state index contributed by atoms with van der Waals surface area (Å²) in [7, 11) is -4.69. The molecule has 1 N–H and O–H groups in total. The van der Waals surface area contributed by atoms with Gasteiger partial charge in [0, 0.05) is 29.6 Å². The second kappa shape index (κ2) is 16.3. The molecule has 4 rings (SSSR count). The van der Waals surface area contributed by atoms with Crippen LogP contribution < -0.4 is 9.62 Å². The van der Waals surface area contributed by atoms with Crippen molar-refractivity contribution in [2.24, 2.45) is 5.92 Å². The van der Waals surface area contributed by atoms with Gasteiger partial charge in [0.05, 0.1) is 21.2 Å². The number of nitrogens with one attached hydrogen (secondary N) is 1. The van der Waals surface area contributed by atoms with Crippen molar-refractivity contribution in [2.75, 3.05) is 17.4 Å². The third-order valence-electron chi connectivity index (χ3n) is 7.46. The van der Waals surface area contributed by atoms with Gasteiger partial charge in [-0.2, -0.15) is 13.2 Å². The van der Waals surface area contributed by atoms with Gasteiger partial charge >= 0.3 is 6.18 Å². The molecular formula is C35H33Cl3F3N3O4S. The van der Waals surface area contributed by atoms with Gasteiger partial charge in [-0.15, -0.1) is 0 Å². The van der Waals surface area contributed by atoms with Crippen LogP contribution in [0.5, 0.6) is 0 Å². The molecule has 14 heteroatoms. The van der Waals surface area contributed by atoms with Crippen LogP contribution in [0.15, 0.2) is 102 Å². The lowest BCUT2D eigenvalue weighted by molar-refractivity contribution is -0.140. The smallest absolute Gasteiger partial charge is 0.354 e. The van der Waals surface area contributed by atoms with E-state index in [9.17, 15) is 31.2 Å². The molecule has 0 radical (unpaired) electrons. The van der Waals surface area contributed by atoms with Crippen molar-refractivity contribution < 1.29 is 31.2 Å². The fourth-order valence-corrected chi connectivity index (χ4v) is 7.11. The summed E-state index contributed by atoms with van der Waals surface area (Å²) >= 11 is 19.0. The summed E-state index contributed by atoms with van der Waals surface area (Å²) in [6.45, 7) is 2.80. The minimum Gasteiger partial charge on any atom is -0.354 e. The minimum atomic E-state index is -4.85. The molecule has 4 aromatic carbocycles. The Morgan fingerprint density at radius 1 is 0.837 bits per heavy atom. The molecule has 0 unspecified atom stereocenters. The van der Waals surface area contributed by atoms with Gasteiger partial charge in [-0.3, -0.25) is 13.9 Å². The lowest BCUT2D eigenvalue weighted by atomic mass is 10.0. The van der Waals surface area contributed by atoms with Gasteiger partial charge < -0.3 is 10.2 Å². The van der Waals surface area contributed by atoms with Gasteiger partial charge in [0.2, 0.25) is 11.8 Å². The van der Waals surface area contributed by atoms with E-state index in [1.54, 1.807) is 48.5 Å². The standard InChI is InChI=1S/C35H33Cl3F3N3O4S/c1-23(2)20-42-34(46)32(17-24-9-5-3-6-10-24)43(21-25-13-15-27(36)19-30(25)38)33(45)22-44(49(47,48)28-11-7-4-8-12-28)31-18-26(35(39,40)41)14-16-29(31)37/h3-16,18-19,23,32H,17,20-22H2,1-2H3,(H,42,46)/t32-/m1/s1. The summed E-state index contributed by atoms with van der Waals surface area (Å²) in [6, 6.07) is 21.4. The molecule has 1 atom stereocenters. The molecule has 0 bridgehead atoms. The van der Waals surface area contributed by atoms with Gasteiger partial charge in [-0.25, -0.2) is 8.42 Å². The number of halogens is 6. The predicted molar refractivity (Wildman–Crippen MR) is 186 cm³/mol. The maximum absolute atomic E-state index is 14.6. The summed E-state index contributed by atoms with van der Waals surface area (Å²) in [4.78, 5) is 29.3. The van der Waals surface area contributed by atoms with E-state index in [1.165, 1.54) is 35.2 Å². The second-order valence-electron chi connectivity index (χ2n) is 11.6. The van der Waals surface area contributed by atoms with Crippen LogP contribution in [0.3, 0.4) is 0 Å². The molecule has 260 valence electrons. The first-order valence-electron chi connectivity index (χ1n) is 15.1. The number of alkyl halides is 3. The molecule has 0 fully saturated rings. The zero-order valence-corrected chi connectivity index (χ0v) is 29.5. The van der Waals surface area contributed by atoms with Crippen molar-refractivity contribution in [3.63, 3.8) is 0 Å². The molecule has 0 heterocycles. The highest BCUT2D eigenvalue weighted by Gasteiger charge is 2.37. The highest BCUT2D eigenvalue weighted by Crippen LogP contribution is 2.37. The lowest BCUT2D eigenvalue weighted by Gasteiger charge is -2.34. The quantitative estimate of drug-likeness (QED) is 0.149. The normalized spacial score (nSPS) is 12.4. The van der Waals surface area contributed by atoms with E-state index in [1.807, 2.05) is 13.8 Å². The van der Waals surface area contributed by atoms with Crippen LogP contribution in [0.2, 0.25) is 15.1 Å². The Morgan fingerprint density at radius 2 is 1.47 bits per heavy atom. The fraction of sp³-hybridized carbons (Fsp3) is 0.257. The molecule has 49 heavy (non-hydrogen) atoms. The van der Waals surface area contributed by atoms with Crippen LogP contribution in [0.1, 0.15) is 30.5 Å². The molecule has 4 aromatic rings. The number of sulfonamides is 1. The Kier molecular flexibility index (Phi) is 12.6. The number of benzene rings is 4. The molecule has 0 aliphatic rings. The number of hydrogen-bond donors (Lipinski definition) is 1. The van der Waals surface area contributed by atoms with Crippen molar-refractivity contribution in [3.8, 4) is 0 Å². The largest absolute Gasteiger partial charge is 0.416 e. The van der Waals surface area contributed by atoms with E-state index in [4.69, 9.17) is 34.8 Å². The van der Waals surface area contributed by atoms with E-state index in [0.717, 1.165) is 6.07 Å². The van der Waals surface area contributed by atoms with Crippen molar-refractivity contribution >= 4 is 62.3 Å². The van der Waals surface area contributed by atoms with E-state index < -0.39 is 51.9 Å². The summed E-state index contributed by atoms with van der Waals surface area (Å²) in [5.74, 6) is -1.36. The number of anilines is 1. The number of amides is 2. The van der Waals surface area contributed by atoms with Crippen molar-refractivity contribution in [1.29, 1.82) is 0 Å². The van der Waals surface area contributed by atoms with Crippen LogP contribution in [0.25, 0.3) is 0 Å². The Morgan fingerprint density at radius 3 is 2.06 bits per heavy atom. The molecule has 0 saturated heterocycles. The summed E-state index contributed by atoms with van der Waals surface area (Å²) in [5.41, 5.74) is -0.653. The molecule has 0 spiro atoms. The maximum Gasteiger partial charge on any atom is 0.416 e. The average Bonchev–Trinajstić information content (AvgIpc) is 3.05. The van der Waals surface area contributed by atoms with Crippen LogP contribution in [0, 0.1) is 5.92 Å². The molecular weight excluding hydrogens is 722 g/mol. The predicted octanol–water partition coefficient (Wildman–Crippen LogP) is 8.27. The van der Waals surface area contributed by atoms with E-state index in [-0.39, 0.29) is 40.4 Å². The van der Waals surface area contributed by atoms with E-state index >= 15 is 0 Å². The number of rotatable bonds is 13. The van der Waals surface area contributed by atoms with Gasteiger partial charge in [-0.05, 0) is 59.5 Å². The van der Waals surface area contributed by atoms with E-state index in [0.29, 0.717) is 32.6 Å². The average molecular weight is 755 g/mol. The third kappa shape index (κ3) is 9.91. The number of carbonyl (C=O) groups excluding carboxylic acids is 2. The summed E-state index contributed by atoms with van der Waals surface area (Å²) in [6.07, 6.45) is -4.82. The minimum absolute atomic E-state index is 0.0253. The SMILES string of the molecule is CC(C)CNC(=O)[C@@H](Cc1ccccc1)N(Cc1ccc(Cl)cc1Cl)C(=O)CN(c1cc(C(F)(F)F)ccc1Cl)S(=O)(=O)c1ccccc1. The van der Waals surface area contributed by atoms with Gasteiger partial charge in [0.15, 0.2) is 0 Å². The third-order valence-corrected chi connectivity index (χ3v) is 10.1. The number of nitrogens with zero attached hydrogens (tertiary/aromatic N) is 2. The molecule has 0 aliphatic heterocycles. The van der Waals surface area contributed by atoms with Crippen LogP contribution in [0.4, 0.5) is 18.9 Å². The highest BCUT2D eigenvalue weighted by molar-refractivity contribution is 7.92. The molecule has 0 aliphatic carbocycles. The monoisotopic (exact) mass is 753 g/mol. The van der Waals surface area contributed by atoms with Crippen LogP contribution >= 0.6 is 34.8 Å². The second-order valence-corrected chi connectivity index (χ2v) is 14.7. The van der Waals surface area contributed by atoms with Crippen molar-refractivity contribution in [2.45, 2.75) is 43.9 Å². The first-order valence-corrected chi connectivity index (χ1v) is 17.6. The van der Waals surface area contributed by atoms with E-state index in [2.05, 4.69) is 5.32 Å². The molecule has 7 nitrogen and oxygen atoms in total. The van der Waals surface area contributed by atoms with Crippen molar-refractivity contribution in [3.05, 3.63) is 129 Å². The highest BCUT2D eigenvalue weighted by atomic mass is 35.5. The van der Waals surface area contributed by atoms with Gasteiger partial charge in [-0.1, -0.05) is 103 Å². The Balaban J connectivity index is 1.88. The first kappa shape index (κ1) is 38.0. The molecule has 0 saturated carbocycles. The number of hydrogen-bond acceptors (Lipinski definition) is 4. The maximum atomic E-state index is 14.6. The summed E-state index contributed by atoms with van der Waals surface area (Å²) in [5, 5.41) is 3.01. The summed E-state index contributed by atoms with van der Waals surface area (Å²) < 4.78 is 70.4. The van der Waals surface area contributed by atoms with Crippen LogP contribution in [-0.4, -0.2) is 44.3 Å². The Hall–Kier alpha value is -3.77. The van der Waals surface area contributed by atoms with Gasteiger partial charge in [0.1, 0.15) is 12.6 Å². The molecule has 0 aromatic heterocycles. The van der Waals surface area contributed by atoms with Gasteiger partial charge in [0.25, 0.3) is 10.0 Å². The number of carbonyl (C=O) groups is 2.